The van der Waals surface area contributed by atoms with Gasteiger partial charge in [0.25, 0.3) is 0 Å². The van der Waals surface area contributed by atoms with Crippen LogP contribution in [0.3, 0.4) is 0 Å². The summed E-state index contributed by atoms with van der Waals surface area (Å²) in [4.78, 5) is 1.32. The molecule has 3 rings (SSSR count). The first-order chi connectivity index (χ1) is 11.4. The van der Waals surface area contributed by atoms with Crippen molar-refractivity contribution in [2.24, 2.45) is 0 Å². The molecule has 1 N–H and O–H groups in total. The summed E-state index contributed by atoms with van der Waals surface area (Å²) in [5.41, 5.74) is 2.42. The standard InChI is InChI=1S/C20H21NOS/c1-2-8-17(9-3-1)10-6-14-22-20-13-5-4-12-19(20)21-16-18-11-7-15-23-18/h1-5,7-9,11-13,15,21H,6,10,14,16H2. The first-order valence-corrected chi connectivity index (χ1v) is 8.82. The maximum absolute atomic E-state index is 5.97. The third kappa shape index (κ3) is 4.86. The Morgan fingerprint density at radius 3 is 2.52 bits per heavy atom. The second-order valence-electron chi connectivity index (χ2n) is 5.37. The van der Waals surface area contributed by atoms with E-state index in [0.717, 1.165) is 37.4 Å². The number of anilines is 1. The summed E-state index contributed by atoms with van der Waals surface area (Å²) in [5.74, 6) is 0.928. The van der Waals surface area contributed by atoms with Gasteiger partial charge in [0, 0.05) is 11.4 Å². The largest absolute Gasteiger partial charge is 0.491 e. The molecule has 0 unspecified atom stereocenters. The quantitative estimate of drug-likeness (QED) is 0.563. The highest BCUT2D eigenvalue weighted by atomic mass is 32.1. The minimum absolute atomic E-state index is 0.729. The lowest BCUT2D eigenvalue weighted by Crippen LogP contribution is -2.04. The highest BCUT2D eigenvalue weighted by Gasteiger charge is 2.03. The third-order valence-electron chi connectivity index (χ3n) is 3.63. The number of hydrogen-bond donors (Lipinski definition) is 1. The van der Waals surface area contributed by atoms with Gasteiger partial charge in [0.2, 0.25) is 0 Å². The van der Waals surface area contributed by atoms with E-state index in [-0.39, 0.29) is 0 Å². The molecule has 23 heavy (non-hydrogen) atoms. The molecule has 1 aromatic heterocycles. The zero-order valence-corrected chi connectivity index (χ0v) is 13.9. The van der Waals surface area contributed by atoms with Crippen LogP contribution in [0.15, 0.2) is 72.1 Å². The lowest BCUT2D eigenvalue weighted by atomic mass is 10.1. The smallest absolute Gasteiger partial charge is 0.142 e. The molecule has 3 aromatic rings. The van der Waals surface area contributed by atoms with Crippen molar-refractivity contribution in [2.75, 3.05) is 11.9 Å². The number of rotatable bonds is 8. The fourth-order valence-electron chi connectivity index (χ4n) is 2.44. The molecule has 2 aromatic carbocycles. The summed E-state index contributed by atoms with van der Waals surface area (Å²) in [7, 11) is 0. The van der Waals surface area contributed by atoms with Crippen LogP contribution in [-0.4, -0.2) is 6.61 Å². The molecule has 0 amide bonds. The van der Waals surface area contributed by atoms with Gasteiger partial charge in [-0.25, -0.2) is 0 Å². The Labute approximate surface area is 141 Å². The van der Waals surface area contributed by atoms with Crippen molar-refractivity contribution in [2.45, 2.75) is 19.4 Å². The van der Waals surface area contributed by atoms with E-state index in [2.05, 4.69) is 59.2 Å². The van der Waals surface area contributed by atoms with E-state index in [0.29, 0.717) is 0 Å². The van der Waals surface area contributed by atoms with Gasteiger partial charge < -0.3 is 10.1 Å². The van der Waals surface area contributed by atoms with E-state index in [1.54, 1.807) is 11.3 Å². The minimum atomic E-state index is 0.729. The van der Waals surface area contributed by atoms with Gasteiger partial charge in [-0.05, 0) is 42.0 Å². The van der Waals surface area contributed by atoms with Crippen LogP contribution in [0, 0.1) is 0 Å². The topological polar surface area (TPSA) is 21.3 Å². The van der Waals surface area contributed by atoms with Crippen molar-refractivity contribution in [1.82, 2.24) is 0 Å². The van der Waals surface area contributed by atoms with Gasteiger partial charge in [0.05, 0.1) is 12.3 Å². The highest BCUT2D eigenvalue weighted by molar-refractivity contribution is 7.09. The fraction of sp³-hybridized carbons (Fsp3) is 0.200. The Balaban J connectivity index is 1.49. The Hall–Kier alpha value is -2.26. The van der Waals surface area contributed by atoms with Crippen LogP contribution in [-0.2, 0) is 13.0 Å². The normalized spacial score (nSPS) is 10.4. The van der Waals surface area contributed by atoms with Crippen molar-refractivity contribution in [3.8, 4) is 5.75 Å². The van der Waals surface area contributed by atoms with Crippen LogP contribution in [0.25, 0.3) is 0 Å². The van der Waals surface area contributed by atoms with Gasteiger partial charge in [-0.3, -0.25) is 0 Å². The third-order valence-corrected chi connectivity index (χ3v) is 4.51. The summed E-state index contributed by atoms with van der Waals surface area (Å²) in [6.45, 7) is 1.56. The maximum Gasteiger partial charge on any atom is 0.142 e. The Bertz CT molecular complexity index is 695. The first-order valence-electron chi connectivity index (χ1n) is 7.94. The zero-order valence-electron chi connectivity index (χ0n) is 13.1. The van der Waals surface area contributed by atoms with Gasteiger partial charge in [0.15, 0.2) is 0 Å². The molecule has 0 aliphatic carbocycles. The van der Waals surface area contributed by atoms with E-state index in [1.165, 1.54) is 10.4 Å². The molecule has 0 bridgehead atoms. The van der Waals surface area contributed by atoms with E-state index >= 15 is 0 Å². The summed E-state index contributed by atoms with van der Waals surface area (Å²) in [5, 5.41) is 5.56. The van der Waals surface area contributed by atoms with Crippen LogP contribution in [0.4, 0.5) is 5.69 Å². The van der Waals surface area contributed by atoms with Crippen molar-refractivity contribution in [3.63, 3.8) is 0 Å². The average molecular weight is 323 g/mol. The molecule has 0 saturated carbocycles. The SMILES string of the molecule is c1ccc(CCCOc2ccccc2NCc2cccs2)cc1. The molecule has 118 valence electrons. The second kappa shape index (κ2) is 8.39. The van der Waals surface area contributed by atoms with Gasteiger partial charge in [0.1, 0.15) is 5.75 Å². The zero-order chi connectivity index (χ0) is 15.7. The molecular weight excluding hydrogens is 302 g/mol. The number of ether oxygens (including phenoxy) is 1. The van der Waals surface area contributed by atoms with Crippen LogP contribution >= 0.6 is 11.3 Å². The maximum atomic E-state index is 5.97. The molecular formula is C20H21NOS. The predicted molar refractivity (Wildman–Crippen MR) is 98.3 cm³/mol. The first kappa shape index (κ1) is 15.6. The van der Waals surface area contributed by atoms with Crippen molar-refractivity contribution < 1.29 is 4.74 Å². The number of benzene rings is 2. The summed E-state index contributed by atoms with van der Waals surface area (Å²) >= 11 is 1.76. The second-order valence-corrected chi connectivity index (χ2v) is 6.40. The van der Waals surface area contributed by atoms with Crippen LogP contribution < -0.4 is 10.1 Å². The monoisotopic (exact) mass is 323 g/mol. The Morgan fingerprint density at radius 1 is 0.870 bits per heavy atom. The van der Waals surface area contributed by atoms with Crippen LogP contribution in [0.5, 0.6) is 5.75 Å². The lowest BCUT2D eigenvalue weighted by Gasteiger charge is -2.12. The molecule has 0 aliphatic heterocycles. The van der Waals surface area contributed by atoms with Crippen molar-refractivity contribution >= 4 is 17.0 Å². The van der Waals surface area contributed by atoms with Crippen LogP contribution in [0.2, 0.25) is 0 Å². The van der Waals surface area contributed by atoms with Gasteiger partial charge >= 0.3 is 0 Å². The van der Waals surface area contributed by atoms with Gasteiger partial charge in [-0.15, -0.1) is 11.3 Å². The minimum Gasteiger partial charge on any atom is -0.491 e. The molecule has 0 atom stereocenters. The summed E-state index contributed by atoms with van der Waals surface area (Å²) < 4.78 is 5.97. The number of thiophene rings is 1. The van der Waals surface area contributed by atoms with Gasteiger partial charge in [-0.1, -0.05) is 48.5 Å². The molecule has 0 spiro atoms. The lowest BCUT2D eigenvalue weighted by molar-refractivity contribution is 0.312. The molecule has 0 fully saturated rings. The molecule has 0 radical (unpaired) electrons. The molecule has 3 heteroatoms. The Morgan fingerprint density at radius 2 is 1.70 bits per heavy atom. The predicted octanol–water partition coefficient (Wildman–Crippen LogP) is 5.37. The number of aryl methyl sites for hydroxylation is 1. The van der Waals surface area contributed by atoms with Crippen molar-refractivity contribution in [3.05, 3.63) is 82.6 Å². The van der Waals surface area contributed by atoms with E-state index in [1.807, 2.05) is 18.2 Å². The van der Waals surface area contributed by atoms with Gasteiger partial charge in [-0.2, -0.15) is 0 Å². The van der Waals surface area contributed by atoms with E-state index < -0.39 is 0 Å². The summed E-state index contributed by atoms with van der Waals surface area (Å²) in [6.07, 6.45) is 2.06. The summed E-state index contributed by atoms with van der Waals surface area (Å²) in [6, 6.07) is 22.9. The fourth-order valence-corrected chi connectivity index (χ4v) is 3.08. The highest BCUT2D eigenvalue weighted by Crippen LogP contribution is 2.25. The number of hydrogen-bond acceptors (Lipinski definition) is 3. The molecule has 0 saturated heterocycles. The van der Waals surface area contributed by atoms with Crippen molar-refractivity contribution in [1.29, 1.82) is 0 Å². The number of para-hydroxylation sites is 2. The number of nitrogens with one attached hydrogen (secondary N) is 1. The molecule has 2 nitrogen and oxygen atoms in total. The average Bonchev–Trinajstić information content (AvgIpc) is 3.12. The molecule has 0 aliphatic rings. The molecule has 1 heterocycles. The van der Waals surface area contributed by atoms with Crippen LogP contribution in [0.1, 0.15) is 16.9 Å². The Kier molecular flexibility index (Phi) is 5.70. The van der Waals surface area contributed by atoms with E-state index in [4.69, 9.17) is 4.74 Å². The van der Waals surface area contributed by atoms with E-state index in [9.17, 15) is 0 Å².